The molecule has 3 N–H and O–H groups in total. The van der Waals surface area contributed by atoms with Crippen LogP contribution in [0.1, 0.15) is 31.6 Å². The van der Waals surface area contributed by atoms with Gasteiger partial charge in [-0.1, -0.05) is 18.2 Å². The SMILES string of the molecule is COc1ccc(S(=O)(=O)NC2CC2)cc1NC(=O)N[C@@H](C)c1cc2ccccc2o1. The van der Waals surface area contributed by atoms with Crippen LogP contribution < -0.4 is 20.1 Å². The second-order valence-electron chi connectivity index (χ2n) is 7.26. The molecule has 2 amide bonds. The van der Waals surface area contributed by atoms with Gasteiger partial charge in [-0.2, -0.15) is 0 Å². The molecule has 1 saturated carbocycles. The van der Waals surface area contributed by atoms with E-state index in [2.05, 4.69) is 15.4 Å². The van der Waals surface area contributed by atoms with Gasteiger partial charge >= 0.3 is 6.03 Å². The number of anilines is 1. The third kappa shape index (κ3) is 4.42. The highest BCUT2D eigenvalue weighted by atomic mass is 32.2. The van der Waals surface area contributed by atoms with Crippen molar-refractivity contribution < 1.29 is 22.4 Å². The summed E-state index contributed by atoms with van der Waals surface area (Å²) >= 11 is 0. The first-order valence-electron chi connectivity index (χ1n) is 9.62. The average molecular weight is 429 g/mol. The number of rotatable bonds is 7. The summed E-state index contributed by atoms with van der Waals surface area (Å²) in [6.07, 6.45) is 1.67. The topological polar surface area (TPSA) is 110 Å². The Labute approximate surface area is 174 Å². The molecular formula is C21H23N3O5S. The number of sulfonamides is 1. The summed E-state index contributed by atoms with van der Waals surface area (Å²) in [6, 6.07) is 12.9. The van der Waals surface area contributed by atoms with Crippen LogP contribution in [-0.2, 0) is 10.0 Å². The smallest absolute Gasteiger partial charge is 0.319 e. The molecule has 0 bridgehead atoms. The molecule has 1 aliphatic rings. The molecule has 0 radical (unpaired) electrons. The van der Waals surface area contributed by atoms with Crippen molar-refractivity contribution >= 4 is 32.7 Å². The van der Waals surface area contributed by atoms with Crippen LogP contribution >= 0.6 is 0 Å². The number of benzene rings is 2. The van der Waals surface area contributed by atoms with E-state index in [1.54, 1.807) is 6.92 Å². The first-order chi connectivity index (χ1) is 14.4. The van der Waals surface area contributed by atoms with Gasteiger partial charge in [-0.25, -0.2) is 17.9 Å². The van der Waals surface area contributed by atoms with Crippen molar-refractivity contribution in [2.75, 3.05) is 12.4 Å². The molecule has 8 nitrogen and oxygen atoms in total. The van der Waals surface area contributed by atoms with Crippen molar-refractivity contribution in [3.05, 3.63) is 54.3 Å². The Morgan fingerprint density at radius 3 is 2.63 bits per heavy atom. The Balaban J connectivity index is 1.49. The molecule has 0 unspecified atom stereocenters. The van der Waals surface area contributed by atoms with Gasteiger partial charge in [-0.3, -0.25) is 0 Å². The highest BCUT2D eigenvalue weighted by molar-refractivity contribution is 7.89. The van der Waals surface area contributed by atoms with Crippen LogP contribution in [0.4, 0.5) is 10.5 Å². The third-order valence-corrected chi connectivity index (χ3v) is 6.37. The zero-order chi connectivity index (χ0) is 21.3. The van der Waals surface area contributed by atoms with Crippen LogP contribution in [-0.4, -0.2) is 27.6 Å². The van der Waals surface area contributed by atoms with Gasteiger partial charge in [0.2, 0.25) is 10.0 Å². The summed E-state index contributed by atoms with van der Waals surface area (Å²) in [5.41, 5.74) is 0.995. The van der Waals surface area contributed by atoms with Gasteiger partial charge in [-0.05, 0) is 50.1 Å². The molecule has 1 aromatic heterocycles. The lowest BCUT2D eigenvalue weighted by Gasteiger charge is -2.15. The van der Waals surface area contributed by atoms with E-state index < -0.39 is 22.1 Å². The van der Waals surface area contributed by atoms with Gasteiger partial charge in [0, 0.05) is 11.4 Å². The molecule has 2 aromatic carbocycles. The quantitative estimate of drug-likeness (QED) is 0.530. The highest BCUT2D eigenvalue weighted by Gasteiger charge is 2.28. The van der Waals surface area contributed by atoms with Crippen LogP contribution in [0.3, 0.4) is 0 Å². The van der Waals surface area contributed by atoms with Crippen molar-refractivity contribution in [3.8, 4) is 5.75 Å². The van der Waals surface area contributed by atoms with Crippen LogP contribution in [0.2, 0.25) is 0 Å². The fourth-order valence-corrected chi connectivity index (χ4v) is 4.41. The number of methoxy groups -OCH3 is 1. The third-order valence-electron chi connectivity index (χ3n) is 4.85. The van der Waals surface area contributed by atoms with Gasteiger partial charge < -0.3 is 19.8 Å². The summed E-state index contributed by atoms with van der Waals surface area (Å²) in [6.45, 7) is 1.80. The maximum absolute atomic E-state index is 12.5. The minimum absolute atomic E-state index is 0.0125. The van der Waals surface area contributed by atoms with Crippen LogP contribution in [0.25, 0.3) is 11.0 Å². The molecule has 3 aromatic rings. The number of hydrogen-bond donors (Lipinski definition) is 3. The second-order valence-corrected chi connectivity index (χ2v) is 8.98. The number of carbonyl (C=O) groups excluding carboxylic acids is 1. The normalized spacial score (nSPS) is 15.0. The van der Waals surface area contributed by atoms with Crippen LogP contribution in [0.5, 0.6) is 5.75 Å². The Bertz CT molecular complexity index is 1150. The second kappa shape index (κ2) is 8.00. The van der Waals surface area contributed by atoms with Gasteiger partial charge in [0.25, 0.3) is 0 Å². The number of para-hydroxylation sites is 1. The lowest BCUT2D eigenvalue weighted by Crippen LogP contribution is -2.31. The zero-order valence-corrected chi connectivity index (χ0v) is 17.5. The monoisotopic (exact) mass is 429 g/mol. The molecule has 4 rings (SSSR count). The van der Waals surface area contributed by atoms with Crippen molar-refractivity contribution in [1.29, 1.82) is 0 Å². The van der Waals surface area contributed by atoms with E-state index in [1.165, 1.54) is 25.3 Å². The van der Waals surface area contributed by atoms with E-state index >= 15 is 0 Å². The fraction of sp³-hybridized carbons (Fsp3) is 0.286. The van der Waals surface area contributed by atoms with Crippen LogP contribution in [0, 0.1) is 0 Å². The Kier molecular flexibility index (Phi) is 5.40. The number of furan rings is 1. The number of amides is 2. The number of ether oxygens (including phenoxy) is 1. The summed E-state index contributed by atoms with van der Waals surface area (Å²) in [7, 11) is -2.20. The lowest BCUT2D eigenvalue weighted by atomic mass is 10.2. The predicted molar refractivity (Wildman–Crippen MR) is 113 cm³/mol. The molecule has 30 heavy (non-hydrogen) atoms. The first-order valence-corrected chi connectivity index (χ1v) is 11.1. The molecule has 1 heterocycles. The molecule has 0 spiro atoms. The Morgan fingerprint density at radius 2 is 1.93 bits per heavy atom. The summed E-state index contributed by atoms with van der Waals surface area (Å²) in [5, 5.41) is 6.41. The Hall–Kier alpha value is -3.04. The number of hydrogen-bond acceptors (Lipinski definition) is 5. The minimum atomic E-state index is -3.65. The zero-order valence-electron chi connectivity index (χ0n) is 16.6. The fourth-order valence-electron chi connectivity index (χ4n) is 3.08. The van der Waals surface area contributed by atoms with Crippen molar-refractivity contribution in [3.63, 3.8) is 0 Å². The maximum Gasteiger partial charge on any atom is 0.319 e. The average Bonchev–Trinajstić information content (AvgIpc) is 3.40. The highest BCUT2D eigenvalue weighted by Crippen LogP contribution is 2.29. The summed E-state index contributed by atoms with van der Waals surface area (Å²) in [4.78, 5) is 12.6. The lowest BCUT2D eigenvalue weighted by molar-refractivity contribution is 0.247. The number of urea groups is 1. The summed E-state index contributed by atoms with van der Waals surface area (Å²) < 4.78 is 38.6. The first kappa shape index (κ1) is 20.2. The van der Waals surface area contributed by atoms with Gasteiger partial charge in [0.1, 0.15) is 17.1 Å². The van der Waals surface area contributed by atoms with Gasteiger partial charge in [0.05, 0.1) is 23.7 Å². The largest absolute Gasteiger partial charge is 0.495 e. The van der Waals surface area contributed by atoms with E-state index in [9.17, 15) is 13.2 Å². The number of nitrogens with one attached hydrogen (secondary N) is 3. The van der Waals surface area contributed by atoms with Gasteiger partial charge in [-0.15, -0.1) is 0 Å². The molecule has 0 saturated heterocycles. The molecule has 1 aliphatic carbocycles. The molecule has 158 valence electrons. The predicted octanol–water partition coefficient (Wildman–Crippen LogP) is 3.76. The summed E-state index contributed by atoms with van der Waals surface area (Å²) in [5.74, 6) is 0.968. The van der Waals surface area contributed by atoms with Crippen LogP contribution in [0.15, 0.2) is 57.8 Å². The van der Waals surface area contributed by atoms with Crippen molar-refractivity contribution in [2.45, 2.75) is 36.7 Å². The van der Waals surface area contributed by atoms with Gasteiger partial charge in [0.15, 0.2) is 0 Å². The molecule has 0 aliphatic heterocycles. The van der Waals surface area contributed by atoms with E-state index in [4.69, 9.17) is 9.15 Å². The van der Waals surface area contributed by atoms with E-state index in [0.717, 1.165) is 23.8 Å². The van der Waals surface area contributed by atoms with Crippen molar-refractivity contribution in [1.82, 2.24) is 10.0 Å². The molecule has 1 fully saturated rings. The Morgan fingerprint density at radius 1 is 1.17 bits per heavy atom. The standard InChI is InChI=1S/C21H23N3O5S/c1-13(20-11-14-5-3-4-6-18(14)29-20)22-21(25)23-17-12-16(9-10-19(17)28-2)30(26,27)24-15-7-8-15/h3-6,9-13,15,24H,7-8H2,1-2H3,(H2,22,23,25)/t13-/m0/s1. The maximum atomic E-state index is 12.5. The minimum Gasteiger partial charge on any atom is -0.495 e. The number of carbonyl (C=O) groups is 1. The van der Waals surface area contributed by atoms with Crippen molar-refractivity contribution in [2.24, 2.45) is 0 Å². The van der Waals surface area contributed by atoms with E-state index in [1.807, 2.05) is 30.3 Å². The molecule has 9 heteroatoms. The number of fused-ring (bicyclic) bond motifs is 1. The van der Waals surface area contributed by atoms with E-state index in [0.29, 0.717) is 11.5 Å². The van der Waals surface area contributed by atoms with E-state index in [-0.39, 0.29) is 16.6 Å². The molecule has 1 atom stereocenters. The molecular weight excluding hydrogens is 406 g/mol.